The van der Waals surface area contributed by atoms with Crippen molar-refractivity contribution < 1.29 is 18.7 Å². The zero-order valence-electron chi connectivity index (χ0n) is 23.3. The number of methoxy groups -OCH3 is 1. The molecule has 0 unspecified atom stereocenters. The number of hydrogen-bond donors (Lipinski definition) is 1. The van der Waals surface area contributed by atoms with E-state index in [2.05, 4.69) is 10.2 Å². The monoisotopic (exact) mass is 604 g/mol. The molecule has 2 aromatic carbocycles. The summed E-state index contributed by atoms with van der Waals surface area (Å²) in [6, 6.07) is 17.7. The van der Waals surface area contributed by atoms with Gasteiger partial charge in [-0.15, -0.1) is 11.3 Å². The van der Waals surface area contributed by atoms with Crippen LogP contribution in [0.1, 0.15) is 44.1 Å². The van der Waals surface area contributed by atoms with Gasteiger partial charge in [-0.25, -0.2) is 9.37 Å². The second kappa shape index (κ2) is 11.8. The Bertz CT molecular complexity index is 1660. The summed E-state index contributed by atoms with van der Waals surface area (Å²) in [5.74, 6) is -0.306. The van der Waals surface area contributed by atoms with E-state index < -0.39 is 5.82 Å². The number of thiophene rings is 1. The maximum atomic E-state index is 14.4. The van der Waals surface area contributed by atoms with Crippen LogP contribution < -0.4 is 15.1 Å². The van der Waals surface area contributed by atoms with Gasteiger partial charge in [-0.2, -0.15) is 0 Å². The molecule has 1 atom stereocenters. The highest BCUT2D eigenvalue weighted by Crippen LogP contribution is 2.43. The van der Waals surface area contributed by atoms with E-state index in [-0.39, 0.29) is 23.5 Å². The van der Waals surface area contributed by atoms with Crippen LogP contribution in [0.3, 0.4) is 0 Å². The SMILES string of the molecule is COC[C@H]1CCCN1c1cccc(C(=O)N2CCc3cc(C(=O)Nc4c(C)cccc4F)sc3-c3ccc(Cl)cc32)n1. The first-order valence-corrected chi connectivity index (χ1v) is 15.1. The molecule has 0 spiro atoms. The largest absolute Gasteiger partial charge is 0.383 e. The second-order valence-electron chi connectivity index (χ2n) is 10.5. The van der Waals surface area contributed by atoms with Gasteiger partial charge in [0.1, 0.15) is 17.3 Å². The quantitative estimate of drug-likeness (QED) is 0.257. The molecule has 1 fully saturated rings. The van der Waals surface area contributed by atoms with Crippen LogP contribution in [0.25, 0.3) is 10.4 Å². The molecule has 0 saturated carbocycles. The maximum absolute atomic E-state index is 14.4. The standard InChI is InChI=1S/C32H30ClFN4O3S/c1-19-6-3-8-24(34)29(19)36-31(39)27-16-20-13-15-38(26-17-21(33)11-12-23(26)30(20)42-27)32(40)25-9-4-10-28(35-25)37-14-5-7-22(37)18-41-2/h3-4,6,8-12,16-17,22H,5,7,13-15,18H2,1-2H3,(H,36,39)/t22-/m1/s1. The zero-order chi connectivity index (χ0) is 29.4. The minimum Gasteiger partial charge on any atom is -0.383 e. The third kappa shape index (κ3) is 5.40. The topological polar surface area (TPSA) is 74.8 Å². The molecule has 2 amide bonds. The van der Waals surface area contributed by atoms with Gasteiger partial charge in [-0.3, -0.25) is 9.59 Å². The Morgan fingerprint density at radius 3 is 2.79 bits per heavy atom. The third-order valence-electron chi connectivity index (χ3n) is 7.82. The van der Waals surface area contributed by atoms with Gasteiger partial charge in [0, 0.05) is 35.7 Å². The van der Waals surface area contributed by atoms with Gasteiger partial charge < -0.3 is 19.9 Å². The van der Waals surface area contributed by atoms with E-state index in [1.54, 1.807) is 49.3 Å². The van der Waals surface area contributed by atoms with Crippen molar-refractivity contribution in [2.24, 2.45) is 0 Å². The van der Waals surface area contributed by atoms with Crippen LogP contribution in [-0.2, 0) is 11.2 Å². The average molecular weight is 605 g/mol. The van der Waals surface area contributed by atoms with Crippen molar-refractivity contribution in [3.05, 3.63) is 93.2 Å². The van der Waals surface area contributed by atoms with Gasteiger partial charge in [-0.05, 0) is 79.8 Å². The first-order chi connectivity index (χ1) is 20.3. The van der Waals surface area contributed by atoms with Crippen LogP contribution in [-0.4, -0.2) is 49.6 Å². The fourth-order valence-electron chi connectivity index (χ4n) is 5.75. The summed E-state index contributed by atoms with van der Waals surface area (Å²) in [4.78, 5) is 37.2. The molecule has 0 bridgehead atoms. The molecule has 42 heavy (non-hydrogen) atoms. The van der Waals surface area contributed by atoms with E-state index in [1.165, 1.54) is 17.4 Å². The molecule has 2 aliphatic heterocycles. The summed E-state index contributed by atoms with van der Waals surface area (Å²) in [7, 11) is 1.70. The maximum Gasteiger partial charge on any atom is 0.276 e. The number of halogens is 2. The highest BCUT2D eigenvalue weighted by molar-refractivity contribution is 7.17. The summed E-state index contributed by atoms with van der Waals surface area (Å²) < 4.78 is 19.8. The first-order valence-electron chi connectivity index (χ1n) is 13.9. The average Bonchev–Trinajstić information content (AvgIpc) is 3.60. The second-order valence-corrected chi connectivity index (χ2v) is 12.0. The molecular weight excluding hydrogens is 575 g/mol. The Balaban J connectivity index is 1.31. The molecule has 1 saturated heterocycles. The molecule has 6 rings (SSSR count). The minimum absolute atomic E-state index is 0.173. The number of hydrogen-bond acceptors (Lipinski definition) is 6. The van der Waals surface area contributed by atoms with E-state index >= 15 is 0 Å². The predicted octanol–water partition coefficient (Wildman–Crippen LogP) is 6.98. The molecule has 216 valence electrons. The molecule has 0 radical (unpaired) electrons. The van der Waals surface area contributed by atoms with Gasteiger partial charge in [0.05, 0.1) is 28.9 Å². The molecule has 4 heterocycles. The van der Waals surface area contributed by atoms with E-state index in [0.717, 1.165) is 41.2 Å². The normalized spacial score (nSPS) is 16.1. The summed E-state index contributed by atoms with van der Waals surface area (Å²) >= 11 is 7.76. The highest BCUT2D eigenvalue weighted by atomic mass is 35.5. The van der Waals surface area contributed by atoms with Crippen molar-refractivity contribution >= 4 is 51.9 Å². The Morgan fingerprint density at radius 1 is 1.14 bits per heavy atom. The number of ether oxygens (including phenoxy) is 1. The van der Waals surface area contributed by atoms with Crippen LogP contribution in [0, 0.1) is 12.7 Å². The number of para-hydroxylation sites is 1. The van der Waals surface area contributed by atoms with Gasteiger partial charge in [0.2, 0.25) is 0 Å². The molecule has 2 aliphatic rings. The van der Waals surface area contributed by atoms with Crippen LogP contribution in [0.15, 0.2) is 60.7 Å². The number of benzene rings is 2. The van der Waals surface area contributed by atoms with Crippen molar-refractivity contribution in [1.29, 1.82) is 0 Å². The Hall–Kier alpha value is -3.79. The summed E-state index contributed by atoms with van der Waals surface area (Å²) in [5, 5.41) is 3.23. The summed E-state index contributed by atoms with van der Waals surface area (Å²) in [5.41, 5.74) is 3.58. The van der Waals surface area contributed by atoms with Crippen LogP contribution >= 0.6 is 22.9 Å². The fourth-order valence-corrected chi connectivity index (χ4v) is 7.05. The number of carbonyl (C=O) groups excluding carboxylic acids is 2. The van der Waals surface area contributed by atoms with Crippen LogP contribution in [0.5, 0.6) is 0 Å². The number of pyridine rings is 1. The lowest BCUT2D eigenvalue weighted by molar-refractivity contribution is 0.0981. The molecule has 4 aromatic rings. The van der Waals surface area contributed by atoms with Crippen molar-refractivity contribution in [2.75, 3.05) is 41.9 Å². The van der Waals surface area contributed by atoms with E-state index in [9.17, 15) is 14.0 Å². The number of anilines is 3. The third-order valence-corrected chi connectivity index (χ3v) is 9.27. The van der Waals surface area contributed by atoms with Crippen molar-refractivity contribution in [3.8, 4) is 10.4 Å². The first kappa shape index (κ1) is 28.3. The molecule has 2 aromatic heterocycles. The molecule has 1 N–H and O–H groups in total. The van der Waals surface area contributed by atoms with E-state index in [1.807, 2.05) is 24.3 Å². The number of nitrogens with one attached hydrogen (secondary N) is 1. The number of fused-ring (bicyclic) bond motifs is 3. The number of aromatic nitrogens is 1. The minimum atomic E-state index is -0.479. The van der Waals surface area contributed by atoms with E-state index in [0.29, 0.717) is 46.4 Å². The zero-order valence-corrected chi connectivity index (χ0v) is 24.9. The predicted molar refractivity (Wildman–Crippen MR) is 166 cm³/mol. The molecule has 10 heteroatoms. The summed E-state index contributed by atoms with van der Waals surface area (Å²) in [6.45, 7) is 3.61. The van der Waals surface area contributed by atoms with Gasteiger partial charge in [-0.1, -0.05) is 29.8 Å². The number of rotatable bonds is 6. The van der Waals surface area contributed by atoms with Gasteiger partial charge in [0.25, 0.3) is 11.8 Å². The van der Waals surface area contributed by atoms with Gasteiger partial charge >= 0.3 is 0 Å². The van der Waals surface area contributed by atoms with Crippen molar-refractivity contribution in [3.63, 3.8) is 0 Å². The number of amides is 2. The Labute approximate surface area is 252 Å². The van der Waals surface area contributed by atoms with Crippen LogP contribution in [0.4, 0.5) is 21.6 Å². The molecule has 0 aliphatic carbocycles. The van der Waals surface area contributed by atoms with Crippen molar-refractivity contribution in [1.82, 2.24) is 4.98 Å². The van der Waals surface area contributed by atoms with E-state index in [4.69, 9.17) is 21.3 Å². The lowest BCUT2D eigenvalue weighted by Crippen LogP contribution is -2.35. The molecular formula is C32H30ClFN4O3S. The number of nitrogens with zero attached hydrogens (tertiary/aromatic N) is 3. The Morgan fingerprint density at radius 2 is 1.98 bits per heavy atom. The summed E-state index contributed by atoms with van der Waals surface area (Å²) in [6.07, 6.45) is 2.60. The lowest BCUT2D eigenvalue weighted by atomic mass is 10.1. The lowest BCUT2D eigenvalue weighted by Gasteiger charge is -2.26. The van der Waals surface area contributed by atoms with Gasteiger partial charge in [0.15, 0.2) is 0 Å². The highest BCUT2D eigenvalue weighted by Gasteiger charge is 2.30. The number of carbonyl (C=O) groups is 2. The Kier molecular flexibility index (Phi) is 7.98. The van der Waals surface area contributed by atoms with Crippen molar-refractivity contribution in [2.45, 2.75) is 32.2 Å². The fraction of sp³-hybridized carbons (Fsp3) is 0.281. The molecule has 7 nitrogen and oxygen atoms in total. The van der Waals surface area contributed by atoms with Crippen LogP contribution in [0.2, 0.25) is 5.02 Å². The smallest absolute Gasteiger partial charge is 0.276 e. The number of aryl methyl sites for hydroxylation is 1.